The van der Waals surface area contributed by atoms with Gasteiger partial charge >= 0.3 is 0 Å². The molecule has 15 heavy (non-hydrogen) atoms. The molecular formula is C15H32. The SMILES string of the molecule is CCC(C)C(CC)C(C)(CC)C(C)(C)C. The molecule has 0 rings (SSSR count). The third kappa shape index (κ3) is 2.98. The summed E-state index contributed by atoms with van der Waals surface area (Å²) >= 11 is 0. The minimum Gasteiger partial charge on any atom is -0.0651 e. The molecule has 0 aliphatic carbocycles. The maximum Gasteiger partial charge on any atom is -0.0249 e. The first-order valence-corrected chi connectivity index (χ1v) is 6.74. The summed E-state index contributed by atoms with van der Waals surface area (Å²) in [5, 5.41) is 0. The molecule has 3 unspecified atom stereocenters. The van der Waals surface area contributed by atoms with Crippen molar-refractivity contribution in [1.82, 2.24) is 0 Å². The van der Waals surface area contributed by atoms with E-state index < -0.39 is 0 Å². The Bertz CT molecular complexity index is 175. The van der Waals surface area contributed by atoms with Crippen LogP contribution < -0.4 is 0 Å². The quantitative estimate of drug-likeness (QED) is 0.563. The summed E-state index contributed by atoms with van der Waals surface area (Å²) in [6.07, 6.45) is 3.92. The Labute approximate surface area is 97.8 Å². The topological polar surface area (TPSA) is 0 Å². The first-order valence-electron chi connectivity index (χ1n) is 6.74. The molecule has 92 valence electrons. The average molecular weight is 212 g/mol. The largest absolute Gasteiger partial charge is 0.0651 e. The zero-order valence-corrected chi connectivity index (χ0v) is 12.3. The van der Waals surface area contributed by atoms with Crippen molar-refractivity contribution in [2.24, 2.45) is 22.7 Å². The van der Waals surface area contributed by atoms with Crippen molar-refractivity contribution in [3.8, 4) is 0 Å². The number of hydrogen-bond donors (Lipinski definition) is 0. The van der Waals surface area contributed by atoms with Crippen LogP contribution in [-0.2, 0) is 0 Å². The third-order valence-electron chi connectivity index (χ3n) is 5.04. The van der Waals surface area contributed by atoms with Gasteiger partial charge in [-0.25, -0.2) is 0 Å². The maximum absolute atomic E-state index is 2.49. The van der Waals surface area contributed by atoms with Gasteiger partial charge in [-0.2, -0.15) is 0 Å². The van der Waals surface area contributed by atoms with Crippen LogP contribution in [0.1, 0.15) is 74.7 Å². The highest BCUT2D eigenvalue weighted by Crippen LogP contribution is 2.51. The van der Waals surface area contributed by atoms with Gasteiger partial charge in [0.1, 0.15) is 0 Å². The van der Waals surface area contributed by atoms with E-state index in [2.05, 4.69) is 55.4 Å². The van der Waals surface area contributed by atoms with Gasteiger partial charge < -0.3 is 0 Å². The molecule has 0 nitrogen and oxygen atoms in total. The fourth-order valence-corrected chi connectivity index (χ4v) is 3.11. The van der Waals surface area contributed by atoms with E-state index in [9.17, 15) is 0 Å². The summed E-state index contributed by atoms with van der Waals surface area (Å²) in [5.41, 5.74) is 0.878. The average Bonchev–Trinajstić information content (AvgIpc) is 2.16. The summed E-state index contributed by atoms with van der Waals surface area (Å²) in [6, 6.07) is 0. The molecule has 0 aromatic rings. The molecule has 0 heteroatoms. The molecule has 0 aliphatic rings. The van der Waals surface area contributed by atoms with Crippen LogP contribution in [0.25, 0.3) is 0 Å². The molecule has 0 aliphatic heterocycles. The molecular weight excluding hydrogens is 180 g/mol. The lowest BCUT2D eigenvalue weighted by Crippen LogP contribution is -2.41. The van der Waals surface area contributed by atoms with Gasteiger partial charge in [0, 0.05) is 0 Å². The Hall–Kier alpha value is 0. The lowest BCUT2D eigenvalue weighted by molar-refractivity contribution is -0.00203. The minimum atomic E-state index is 0.409. The molecule has 0 bridgehead atoms. The molecule has 0 saturated heterocycles. The first kappa shape index (κ1) is 15.0. The smallest absolute Gasteiger partial charge is 0.0249 e. The first-order chi connectivity index (χ1) is 6.74. The molecule has 0 heterocycles. The van der Waals surface area contributed by atoms with Crippen molar-refractivity contribution >= 4 is 0 Å². The van der Waals surface area contributed by atoms with Crippen LogP contribution in [0.2, 0.25) is 0 Å². The van der Waals surface area contributed by atoms with Gasteiger partial charge in [-0.3, -0.25) is 0 Å². The van der Waals surface area contributed by atoms with E-state index in [0.717, 1.165) is 11.8 Å². The standard InChI is InChI=1S/C15H32/c1-9-12(4)13(10-2)15(8,11-3)14(5,6)7/h12-13H,9-11H2,1-8H3. The summed E-state index contributed by atoms with van der Waals surface area (Å²) in [7, 11) is 0. The second kappa shape index (κ2) is 5.37. The zero-order valence-electron chi connectivity index (χ0n) is 12.3. The van der Waals surface area contributed by atoms with Gasteiger partial charge in [-0.05, 0) is 29.1 Å². The highest BCUT2D eigenvalue weighted by Gasteiger charge is 2.43. The molecule has 3 atom stereocenters. The lowest BCUT2D eigenvalue weighted by Gasteiger charge is -2.49. The van der Waals surface area contributed by atoms with E-state index in [1.54, 1.807) is 0 Å². The van der Waals surface area contributed by atoms with Crippen molar-refractivity contribution < 1.29 is 0 Å². The molecule has 0 fully saturated rings. The maximum atomic E-state index is 2.49. The Kier molecular flexibility index (Phi) is 5.37. The van der Waals surface area contributed by atoms with Gasteiger partial charge in [0.05, 0.1) is 0 Å². The van der Waals surface area contributed by atoms with Crippen molar-refractivity contribution in [2.75, 3.05) is 0 Å². The third-order valence-corrected chi connectivity index (χ3v) is 5.04. The Morgan fingerprint density at radius 2 is 1.33 bits per heavy atom. The Morgan fingerprint density at radius 3 is 1.53 bits per heavy atom. The predicted octanol–water partition coefficient (Wildman–Crippen LogP) is 5.52. The van der Waals surface area contributed by atoms with E-state index in [1.807, 2.05) is 0 Å². The van der Waals surface area contributed by atoms with Crippen LogP contribution in [-0.4, -0.2) is 0 Å². The molecule has 0 N–H and O–H groups in total. The molecule has 0 radical (unpaired) electrons. The van der Waals surface area contributed by atoms with Crippen molar-refractivity contribution in [3.05, 3.63) is 0 Å². The summed E-state index contributed by atoms with van der Waals surface area (Å²) in [5.74, 6) is 1.70. The summed E-state index contributed by atoms with van der Waals surface area (Å²) in [4.78, 5) is 0. The van der Waals surface area contributed by atoms with Gasteiger partial charge in [-0.1, -0.05) is 68.2 Å². The van der Waals surface area contributed by atoms with Crippen LogP contribution in [0.15, 0.2) is 0 Å². The van der Waals surface area contributed by atoms with Crippen molar-refractivity contribution in [2.45, 2.75) is 74.7 Å². The second-order valence-electron chi connectivity index (χ2n) is 6.42. The van der Waals surface area contributed by atoms with Crippen LogP contribution in [0.3, 0.4) is 0 Å². The van der Waals surface area contributed by atoms with Crippen LogP contribution in [0.5, 0.6) is 0 Å². The monoisotopic (exact) mass is 212 g/mol. The molecule has 0 aromatic carbocycles. The highest BCUT2D eigenvalue weighted by molar-refractivity contribution is 4.92. The van der Waals surface area contributed by atoms with Crippen LogP contribution in [0.4, 0.5) is 0 Å². The fraction of sp³-hybridized carbons (Fsp3) is 1.00. The van der Waals surface area contributed by atoms with E-state index in [4.69, 9.17) is 0 Å². The van der Waals surface area contributed by atoms with E-state index in [1.165, 1.54) is 19.3 Å². The summed E-state index contributed by atoms with van der Waals surface area (Å²) in [6.45, 7) is 19.2. The fourth-order valence-electron chi connectivity index (χ4n) is 3.11. The number of hydrogen-bond acceptors (Lipinski definition) is 0. The minimum absolute atomic E-state index is 0.409. The molecule has 0 amide bonds. The Balaban J connectivity index is 5.06. The van der Waals surface area contributed by atoms with Gasteiger partial charge in [0.2, 0.25) is 0 Å². The highest BCUT2D eigenvalue weighted by atomic mass is 14.5. The zero-order chi connectivity index (χ0) is 12.3. The van der Waals surface area contributed by atoms with E-state index in [-0.39, 0.29) is 0 Å². The van der Waals surface area contributed by atoms with E-state index in [0.29, 0.717) is 10.8 Å². The van der Waals surface area contributed by atoms with Crippen LogP contribution in [0, 0.1) is 22.7 Å². The van der Waals surface area contributed by atoms with Gasteiger partial charge in [0.15, 0.2) is 0 Å². The van der Waals surface area contributed by atoms with Crippen LogP contribution >= 0.6 is 0 Å². The number of rotatable bonds is 5. The molecule has 0 spiro atoms. The Morgan fingerprint density at radius 1 is 0.867 bits per heavy atom. The van der Waals surface area contributed by atoms with Gasteiger partial charge in [-0.15, -0.1) is 0 Å². The van der Waals surface area contributed by atoms with E-state index >= 15 is 0 Å². The second-order valence-corrected chi connectivity index (χ2v) is 6.42. The lowest BCUT2D eigenvalue weighted by atomic mass is 9.56. The summed E-state index contributed by atoms with van der Waals surface area (Å²) < 4.78 is 0. The van der Waals surface area contributed by atoms with Gasteiger partial charge in [0.25, 0.3) is 0 Å². The predicted molar refractivity (Wildman–Crippen MR) is 71.1 cm³/mol. The normalized spacial score (nSPS) is 20.8. The molecule has 0 aromatic heterocycles. The van der Waals surface area contributed by atoms with Crippen molar-refractivity contribution in [1.29, 1.82) is 0 Å². The van der Waals surface area contributed by atoms with Crippen molar-refractivity contribution in [3.63, 3.8) is 0 Å². The molecule has 0 saturated carbocycles.